The lowest BCUT2D eigenvalue weighted by Gasteiger charge is -2.11. The first-order valence-corrected chi connectivity index (χ1v) is 10.4. The maximum Gasteiger partial charge on any atom is 0.261 e. The van der Waals surface area contributed by atoms with Crippen molar-refractivity contribution in [1.29, 1.82) is 0 Å². The topological polar surface area (TPSA) is 75.3 Å². The summed E-state index contributed by atoms with van der Waals surface area (Å²) in [7, 11) is -3.77. The van der Waals surface area contributed by atoms with E-state index in [2.05, 4.69) is 10.0 Å². The predicted molar refractivity (Wildman–Crippen MR) is 111 cm³/mol. The Labute approximate surface area is 169 Å². The van der Waals surface area contributed by atoms with Gasteiger partial charge in [0.25, 0.3) is 15.9 Å². The molecule has 0 aromatic heterocycles. The number of amides is 1. The number of carbonyl (C=O) groups is 1. The molecule has 144 valence electrons. The van der Waals surface area contributed by atoms with E-state index in [0.29, 0.717) is 12.1 Å². The van der Waals surface area contributed by atoms with Crippen molar-refractivity contribution in [1.82, 2.24) is 5.32 Å². The molecule has 0 spiro atoms. The first kappa shape index (κ1) is 19.9. The molecule has 0 saturated carbocycles. The van der Waals surface area contributed by atoms with Crippen LogP contribution in [-0.4, -0.2) is 14.3 Å². The molecule has 7 heteroatoms. The van der Waals surface area contributed by atoms with Crippen LogP contribution in [0.4, 0.5) is 5.69 Å². The van der Waals surface area contributed by atoms with Crippen LogP contribution in [-0.2, 0) is 16.6 Å². The number of sulfonamides is 1. The fourth-order valence-corrected chi connectivity index (χ4v) is 3.90. The van der Waals surface area contributed by atoms with Gasteiger partial charge in [-0.15, -0.1) is 0 Å². The van der Waals surface area contributed by atoms with Gasteiger partial charge in [-0.05, 0) is 42.8 Å². The van der Waals surface area contributed by atoms with Crippen LogP contribution in [0.1, 0.15) is 21.5 Å². The Hall–Kier alpha value is -2.83. The van der Waals surface area contributed by atoms with E-state index in [1.807, 2.05) is 37.3 Å². The van der Waals surface area contributed by atoms with Crippen molar-refractivity contribution in [3.8, 4) is 0 Å². The summed E-state index contributed by atoms with van der Waals surface area (Å²) in [5.41, 5.74) is 2.49. The average Bonchev–Trinajstić information content (AvgIpc) is 2.68. The van der Waals surface area contributed by atoms with Crippen LogP contribution in [0, 0.1) is 6.92 Å². The zero-order chi connectivity index (χ0) is 20.1. The second-order valence-electron chi connectivity index (χ2n) is 6.28. The third-order valence-electron chi connectivity index (χ3n) is 4.10. The highest BCUT2D eigenvalue weighted by Crippen LogP contribution is 2.26. The van der Waals surface area contributed by atoms with E-state index in [0.717, 1.165) is 11.1 Å². The van der Waals surface area contributed by atoms with E-state index >= 15 is 0 Å². The molecule has 0 aliphatic rings. The molecule has 0 aliphatic heterocycles. The third kappa shape index (κ3) is 4.91. The van der Waals surface area contributed by atoms with Gasteiger partial charge in [0.15, 0.2) is 0 Å². The number of hydrogen-bond donors (Lipinski definition) is 2. The van der Waals surface area contributed by atoms with Gasteiger partial charge in [-0.2, -0.15) is 0 Å². The Morgan fingerprint density at radius 2 is 1.64 bits per heavy atom. The van der Waals surface area contributed by atoms with Crippen molar-refractivity contribution < 1.29 is 13.2 Å². The van der Waals surface area contributed by atoms with Gasteiger partial charge in [0.05, 0.1) is 15.6 Å². The van der Waals surface area contributed by atoms with Crippen molar-refractivity contribution in [2.75, 3.05) is 4.72 Å². The summed E-state index contributed by atoms with van der Waals surface area (Å²) in [5.74, 6) is -0.293. The van der Waals surface area contributed by atoms with Crippen LogP contribution in [0.2, 0.25) is 5.02 Å². The van der Waals surface area contributed by atoms with Gasteiger partial charge >= 0.3 is 0 Å². The molecule has 0 fully saturated rings. The Kier molecular flexibility index (Phi) is 6.02. The van der Waals surface area contributed by atoms with Gasteiger partial charge in [-0.25, -0.2) is 8.42 Å². The van der Waals surface area contributed by atoms with Crippen molar-refractivity contribution >= 4 is 33.2 Å². The molecule has 5 nitrogen and oxygen atoms in total. The zero-order valence-electron chi connectivity index (χ0n) is 15.1. The van der Waals surface area contributed by atoms with Gasteiger partial charge < -0.3 is 5.32 Å². The smallest absolute Gasteiger partial charge is 0.261 e. The number of nitrogens with one attached hydrogen (secondary N) is 2. The molecular weight excluding hydrogens is 396 g/mol. The monoisotopic (exact) mass is 414 g/mol. The molecule has 3 aromatic carbocycles. The second-order valence-corrected chi connectivity index (χ2v) is 8.37. The first-order chi connectivity index (χ1) is 13.3. The summed E-state index contributed by atoms with van der Waals surface area (Å²) >= 11 is 6.20. The van der Waals surface area contributed by atoms with Crippen LogP contribution in [0.3, 0.4) is 0 Å². The minimum absolute atomic E-state index is 0.138. The number of aryl methyl sites for hydroxylation is 1. The molecule has 0 heterocycles. The summed E-state index contributed by atoms with van der Waals surface area (Å²) in [6.07, 6.45) is 0. The molecule has 0 saturated heterocycles. The van der Waals surface area contributed by atoms with Crippen molar-refractivity contribution in [2.45, 2.75) is 18.4 Å². The van der Waals surface area contributed by atoms with Crippen LogP contribution < -0.4 is 10.0 Å². The molecule has 0 aliphatic carbocycles. The van der Waals surface area contributed by atoms with Crippen molar-refractivity contribution in [2.24, 2.45) is 0 Å². The fourth-order valence-electron chi connectivity index (χ4n) is 2.54. The Morgan fingerprint density at radius 1 is 0.964 bits per heavy atom. The van der Waals surface area contributed by atoms with Crippen LogP contribution >= 0.6 is 11.6 Å². The predicted octanol–water partition coefficient (Wildman–Crippen LogP) is 4.38. The summed E-state index contributed by atoms with van der Waals surface area (Å²) in [6.45, 7) is 2.27. The Balaban J connectivity index is 1.71. The largest absolute Gasteiger partial charge is 0.348 e. The van der Waals surface area contributed by atoms with Gasteiger partial charge in [-0.3, -0.25) is 9.52 Å². The van der Waals surface area contributed by atoms with Gasteiger partial charge in [-0.1, -0.05) is 59.6 Å². The van der Waals surface area contributed by atoms with E-state index in [1.165, 1.54) is 30.3 Å². The Morgan fingerprint density at radius 3 is 2.29 bits per heavy atom. The third-order valence-corrected chi connectivity index (χ3v) is 5.80. The van der Waals surface area contributed by atoms with Crippen LogP contribution in [0.25, 0.3) is 0 Å². The van der Waals surface area contributed by atoms with Gasteiger partial charge in [0.2, 0.25) is 0 Å². The van der Waals surface area contributed by atoms with Crippen LogP contribution in [0.15, 0.2) is 77.7 Å². The number of benzene rings is 3. The summed E-state index contributed by atoms with van der Waals surface area (Å²) in [5, 5.41) is 2.95. The number of carbonyl (C=O) groups excluding carboxylic acids is 1. The standard InChI is InChI=1S/C21H19ClN2O3S/c1-15-7-10-18(11-8-15)28(26,27)24-20-12-9-17(13-19(20)22)21(25)23-14-16-5-3-2-4-6-16/h2-13,24H,14H2,1H3,(H,23,25). The molecule has 1 amide bonds. The first-order valence-electron chi connectivity index (χ1n) is 8.56. The lowest BCUT2D eigenvalue weighted by Crippen LogP contribution is -2.22. The molecule has 0 bridgehead atoms. The second kappa shape index (κ2) is 8.46. The van der Waals surface area contributed by atoms with E-state index in [-0.39, 0.29) is 21.5 Å². The van der Waals surface area contributed by atoms with Gasteiger partial charge in [0.1, 0.15) is 0 Å². The zero-order valence-corrected chi connectivity index (χ0v) is 16.7. The molecule has 0 unspecified atom stereocenters. The molecule has 2 N–H and O–H groups in total. The molecule has 3 rings (SSSR count). The molecule has 0 atom stereocenters. The quantitative estimate of drug-likeness (QED) is 0.628. The number of hydrogen-bond acceptors (Lipinski definition) is 3. The number of rotatable bonds is 6. The molecular formula is C21H19ClN2O3S. The van der Waals surface area contributed by atoms with E-state index < -0.39 is 10.0 Å². The van der Waals surface area contributed by atoms with E-state index in [4.69, 9.17) is 11.6 Å². The van der Waals surface area contributed by atoms with E-state index in [1.54, 1.807) is 12.1 Å². The summed E-state index contributed by atoms with van der Waals surface area (Å²) in [4.78, 5) is 12.4. The normalized spacial score (nSPS) is 11.1. The number of anilines is 1. The Bertz CT molecular complexity index is 1080. The highest BCUT2D eigenvalue weighted by atomic mass is 35.5. The summed E-state index contributed by atoms with van der Waals surface area (Å²) in [6, 6.07) is 20.5. The SMILES string of the molecule is Cc1ccc(S(=O)(=O)Nc2ccc(C(=O)NCc3ccccc3)cc2Cl)cc1. The lowest BCUT2D eigenvalue weighted by molar-refractivity contribution is 0.0951. The maximum atomic E-state index is 12.5. The number of halogens is 1. The fraction of sp³-hybridized carbons (Fsp3) is 0.0952. The highest BCUT2D eigenvalue weighted by molar-refractivity contribution is 7.92. The molecule has 0 radical (unpaired) electrons. The molecule has 3 aromatic rings. The van der Waals surface area contributed by atoms with Crippen molar-refractivity contribution in [3.63, 3.8) is 0 Å². The highest BCUT2D eigenvalue weighted by Gasteiger charge is 2.16. The van der Waals surface area contributed by atoms with Crippen molar-refractivity contribution in [3.05, 3.63) is 94.5 Å². The molecule has 28 heavy (non-hydrogen) atoms. The minimum atomic E-state index is -3.77. The van der Waals surface area contributed by atoms with Crippen LogP contribution in [0.5, 0.6) is 0 Å². The lowest BCUT2D eigenvalue weighted by atomic mass is 10.2. The van der Waals surface area contributed by atoms with Gasteiger partial charge in [0, 0.05) is 12.1 Å². The van der Waals surface area contributed by atoms with E-state index in [9.17, 15) is 13.2 Å². The minimum Gasteiger partial charge on any atom is -0.348 e. The average molecular weight is 415 g/mol. The summed E-state index contributed by atoms with van der Waals surface area (Å²) < 4.78 is 27.4. The maximum absolute atomic E-state index is 12.5.